The number of nitrogens with zero attached hydrogens (tertiary/aromatic N) is 4. The van der Waals surface area contributed by atoms with Gasteiger partial charge < -0.3 is 14.6 Å². The number of amides is 2. The first kappa shape index (κ1) is 22.6. The van der Waals surface area contributed by atoms with Crippen molar-refractivity contribution in [3.63, 3.8) is 0 Å². The molecule has 0 bridgehead atoms. The quantitative estimate of drug-likeness (QED) is 0.642. The van der Waals surface area contributed by atoms with E-state index in [9.17, 15) is 14.7 Å². The maximum Gasteiger partial charge on any atom is 0.263 e. The summed E-state index contributed by atoms with van der Waals surface area (Å²) in [7, 11) is 0. The average Bonchev–Trinajstić information content (AvgIpc) is 3.19. The molecular weight excluding hydrogens is 404 g/mol. The predicted octanol–water partition coefficient (Wildman–Crippen LogP) is 2.68. The monoisotopic (exact) mass is 438 g/mol. The van der Waals surface area contributed by atoms with Crippen LogP contribution in [0.1, 0.15) is 51.9 Å². The molecule has 7 nitrogen and oxygen atoms in total. The van der Waals surface area contributed by atoms with Gasteiger partial charge in [-0.2, -0.15) is 0 Å². The average molecular weight is 439 g/mol. The van der Waals surface area contributed by atoms with Crippen LogP contribution in [0.2, 0.25) is 0 Å². The topological polar surface area (TPSA) is 69.0 Å². The molecule has 7 heteroatoms. The van der Waals surface area contributed by atoms with Crippen molar-refractivity contribution in [1.29, 1.82) is 0 Å². The summed E-state index contributed by atoms with van der Waals surface area (Å²) in [6.45, 7) is 10.7. The predicted molar refractivity (Wildman–Crippen MR) is 125 cm³/mol. The van der Waals surface area contributed by atoms with Crippen molar-refractivity contribution in [3.8, 4) is 0 Å². The van der Waals surface area contributed by atoms with Crippen molar-refractivity contribution in [3.05, 3.63) is 52.8 Å². The second-order valence-corrected chi connectivity index (χ2v) is 8.92. The number of aliphatic hydroxyl groups is 1. The number of hydrogen-bond acceptors (Lipinski definition) is 5. The molecule has 0 spiro atoms. The SMILES string of the molecule is CCCCn1c(C)c2c(c1C)C(=O)N(CC(O)CN1CCN(c3ccccc3)CC1)C2=O. The van der Waals surface area contributed by atoms with Crippen LogP contribution < -0.4 is 4.90 Å². The third kappa shape index (κ3) is 4.19. The molecule has 172 valence electrons. The van der Waals surface area contributed by atoms with Crippen LogP contribution in [0.5, 0.6) is 0 Å². The van der Waals surface area contributed by atoms with Gasteiger partial charge in [0, 0.05) is 56.3 Å². The van der Waals surface area contributed by atoms with Crippen LogP contribution in [0.3, 0.4) is 0 Å². The van der Waals surface area contributed by atoms with Crippen LogP contribution in [0.25, 0.3) is 0 Å². The second-order valence-electron chi connectivity index (χ2n) is 8.92. The number of carbonyl (C=O) groups is 2. The number of aromatic nitrogens is 1. The zero-order chi connectivity index (χ0) is 22.8. The number of fused-ring (bicyclic) bond motifs is 1. The molecule has 32 heavy (non-hydrogen) atoms. The molecule has 0 saturated carbocycles. The van der Waals surface area contributed by atoms with E-state index in [0.717, 1.165) is 57.0 Å². The van der Waals surface area contributed by atoms with Crippen molar-refractivity contribution >= 4 is 17.5 Å². The van der Waals surface area contributed by atoms with Gasteiger partial charge in [0.05, 0.1) is 23.8 Å². The summed E-state index contributed by atoms with van der Waals surface area (Å²) in [6.07, 6.45) is 1.31. The molecule has 2 aliphatic rings. The van der Waals surface area contributed by atoms with E-state index in [-0.39, 0.29) is 18.4 Å². The lowest BCUT2D eigenvalue weighted by Gasteiger charge is -2.37. The van der Waals surface area contributed by atoms with E-state index >= 15 is 0 Å². The molecule has 1 atom stereocenters. The Morgan fingerprint density at radius 2 is 1.50 bits per heavy atom. The number of para-hydroxylation sites is 1. The molecule has 1 N–H and O–H groups in total. The Balaban J connectivity index is 1.35. The molecule has 3 heterocycles. The standard InChI is InChI=1S/C25H34N4O3/c1-4-5-11-28-18(2)22-23(19(28)3)25(32)29(24(22)31)17-21(30)16-26-12-14-27(15-13-26)20-9-7-6-8-10-20/h6-10,21,30H,4-5,11-17H2,1-3H3. The van der Waals surface area contributed by atoms with E-state index in [4.69, 9.17) is 0 Å². The van der Waals surface area contributed by atoms with Gasteiger partial charge in [-0.3, -0.25) is 19.4 Å². The van der Waals surface area contributed by atoms with Crippen LogP contribution in [0.15, 0.2) is 30.3 Å². The first-order valence-corrected chi connectivity index (χ1v) is 11.7. The molecule has 4 rings (SSSR count). The Kier molecular flexibility index (Phi) is 6.67. The molecule has 2 aromatic rings. The molecule has 2 aliphatic heterocycles. The molecule has 1 aromatic heterocycles. The minimum absolute atomic E-state index is 0.0408. The van der Waals surface area contributed by atoms with Crippen LogP contribution in [0.4, 0.5) is 5.69 Å². The number of aliphatic hydroxyl groups excluding tert-OH is 1. The van der Waals surface area contributed by atoms with Crippen LogP contribution >= 0.6 is 0 Å². The van der Waals surface area contributed by atoms with Crippen molar-refractivity contribution in [2.45, 2.75) is 46.3 Å². The Morgan fingerprint density at radius 1 is 0.906 bits per heavy atom. The van der Waals surface area contributed by atoms with Gasteiger partial charge in [-0.1, -0.05) is 31.5 Å². The first-order chi connectivity index (χ1) is 15.4. The highest BCUT2D eigenvalue weighted by Gasteiger charge is 2.41. The fourth-order valence-corrected chi connectivity index (χ4v) is 4.98. The minimum atomic E-state index is -0.761. The molecule has 0 radical (unpaired) electrons. The Bertz CT molecular complexity index is 937. The van der Waals surface area contributed by atoms with E-state index in [1.807, 2.05) is 32.0 Å². The first-order valence-electron chi connectivity index (χ1n) is 11.7. The van der Waals surface area contributed by atoms with Crippen LogP contribution in [0, 0.1) is 13.8 Å². The Morgan fingerprint density at radius 3 is 2.06 bits per heavy atom. The largest absolute Gasteiger partial charge is 0.390 e. The lowest BCUT2D eigenvalue weighted by Crippen LogP contribution is -2.50. The summed E-state index contributed by atoms with van der Waals surface area (Å²) in [5.74, 6) is -0.539. The van der Waals surface area contributed by atoms with E-state index in [1.165, 1.54) is 10.6 Å². The van der Waals surface area contributed by atoms with Gasteiger partial charge in [0.2, 0.25) is 0 Å². The van der Waals surface area contributed by atoms with Crippen LogP contribution in [-0.4, -0.2) is 76.7 Å². The normalized spacial score (nSPS) is 17.9. The second kappa shape index (κ2) is 9.46. The third-order valence-corrected chi connectivity index (χ3v) is 6.79. The fourth-order valence-electron chi connectivity index (χ4n) is 4.98. The molecular formula is C25H34N4O3. The summed E-state index contributed by atoms with van der Waals surface area (Å²) in [5.41, 5.74) is 3.98. The minimum Gasteiger partial charge on any atom is -0.390 e. The number of benzene rings is 1. The summed E-state index contributed by atoms with van der Waals surface area (Å²) in [6, 6.07) is 10.3. The highest BCUT2D eigenvalue weighted by Crippen LogP contribution is 2.31. The molecule has 1 fully saturated rings. The van der Waals surface area contributed by atoms with Gasteiger partial charge in [0.1, 0.15) is 0 Å². The smallest absolute Gasteiger partial charge is 0.263 e. The summed E-state index contributed by atoms with van der Waals surface area (Å²) in [5, 5.41) is 10.7. The summed E-state index contributed by atoms with van der Waals surface area (Å²) in [4.78, 5) is 31.9. The molecule has 1 saturated heterocycles. The van der Waals surface area contributed by atoms with Crippen molar-refractivity contribution in [2.24, 2.45) is 0 Å². The number of piperazine rings is 1. The zero-order valence-electron chi connectivity index (χ0n) is 19.4. The number of rotatable bonds is 8. The van der Waals surface area contributed by atoms with E-state index in [1.54, 1.807) is 0 Å². The van der Waals surface area contributed by atoms with E-state index < -0.39 is 6.10 Å². The Hall–Kier alpha value is -2.64. The highest BCUT2D eigenvalue weighted by molar-refractivity contribution is 6.22. The van der Waals surface area contributed by atoms with Crippen molar-refractivity contribution in [1.82, 2.24) is 14.4 Å². The van der Waals surface area contributed by atoms with Gasteiger partial charge in [-0.15, -0.1) is 0 Å². The zero-order valence-corrected chi connectivity index (χ0v) is 19.4. The summed E-state index contributed by atoms with van der Waals surface area (Å²) < 4.78 is 2.09. The van der Waals surface area contributed by atoms with Crippen LogP contribution in [-0.2, 0) is 6.54 Å². The lowest BCUT2D eigenvalue weighted by molar-refractivity contribution is 0.0467. The van der Waals surface area contributed by atoms with Gasteiger partial charge in [-0.25, -0.2) is 0 Å². The van der Waals surface area contributed by atoms with E-state index in [0.29, 0.717) is 17.7 Å². The number of hydrogen-bond donors (Lipinski definition) is 1. The molecule has 0 aliphatic carbocycles. The lowest BCUT2D eigenvalue weighted by atomic mass is 10.1. The van der Waals surface area contributed by atoms with E-state index in [2.05, 4.69) is 33.4 Å². The Labute approximate surface area is 190 Å². The molecule has 1 unspecified atom stereocenters. The van der Waals surface area contributed by atoms with Crippen molar-refractivity contribution < 1.29 is 14.7 Å². The molecule has 1 aromatic carbocycles. The van der Waals surface area contributed by atoms with Gasteiger partial charge in [-0.05, 0) is 32.4 Å². The maximum atomic E-state index is 13.1. The number of carbonyl (C=O) groups excluding carboxylic acids is 2. The number of imide groups is 1. The fraction of sp³-hybridized carbons (Fsp3) is 0.520. The van der Waals surface area contributed by atoms with Gasteiger partial charge in [0.15, 0.2) is 0 Å². The number of unbranched alkanes of at least 4 members (excludes halogenated alkanes) is 1. The van der Waals surface area contributed by atoms with Crippen molar-refractivity contribution in [2.75, 3.05) is 44.2 Å². The van der Waals surface area contributed by atoms with Gasteiger partial charge in [0.25, 0.3) is 11.8 Å². The third-order valence-electron chi connectivity index (χ3n) is 6.79. The molecule has 2 amide bonds. The summed E-state index contributed by atoms with van der Waals surface area (Å²) >= 11 is 0. The maximum absolute atomic E-state index is 13.1. The number of anilines is 1. The highest BCUT2D eigenvalue weighted by atomic mass is 16.3. The number of β-amino-alcohol motifs (C(OH)–C–C–N with tert-alkyl or cyclic N) is 1. The van der Waals surface area contributed by atoms with Gasteiger partial charge >= 0.3 is 0 Å².